The summed E-state index contributed by atoms with van der Waals surface area (Å²) in [5.74, 6) is 0.231. The Morgan fingerprint density at radius 1 is 1.67 bits per heavy atom. The smallest absolute Gasteiger partial charge is 0.209 e. The Bertz CT molecular complexity index is 63.2. The molecule has 34 valence electrons. The van der Waals surface area contributed by atoms with Crippen LogP contribution in [-0.2, 0) is 9.47 Å². The monoisotopic (exact) mass is 87.0 g/mol. The van der Waals surface area contributed by atoms with Crippen LogP contribution in [0.5, 0.6) is 0 Å². The highest BCUT2D eigenvalue weighted by Crippen LogP contribution is 1.90. The Labute approximate surface area is 35.4 Å². The van der Waals surface area contributed by atoms with E-state index in [1.54, 1.807) is 0 Å². The highest BCUT2D eigenvalue weighted by molar-refractivity contribution is 5.74. The molecule has 0 amide bonds. The first-order chi connectivity index (χ1) is 2.89. The van der Waals surface area contributed by atoms with E-state index in [0.717, 1.165) is 0 Å². The Kier molecular flexibility index (Phi) is 0.759. The van der Waals surface area contributed by atoms with Gasteiger partial charge in [-0.2, -0.15) is 0 Å². The van der Waals surface area contributed by atoms with Crippen LogP contribution >= 0.6 is 0 Å². The molecule has 1 aliphatic rings. The third-order valence-corrected chi connectivity index (χ3v) is 0.550. The lowest BCUT2D eigenvalue weighted by Crippen LogP contribution is -1.93. The molecule has 1 aliphatic heterocycles. The molecule has 1 rings (SSSR count). The standard InChI is InChI=1S/C3H5NO2/c4-3-1-5-2-6-3/h4H,1-2H2. The van der Waals surface area contributed by atoms with Gasteiger partial charge >= 0.3 is 0 Å². The number of nitrogens with one attached hydrogen (secondary N) is 1. The van der Waals surface area contributed by atoms with Crippen LogP contribution in [0.2, 0.25) is 0 Å². The molecule has 1 N–H and O–H groups in total. The van der Waals surface area contributed by atoms with Crippen molar-refractivity contribution in [2.24, 2.45) is 0 Å². The summed E-state index contributed by atoms with van der Waals surface area (Å²) in [6, 6.07) is 0. The molecule has 0 spiro atoms. The molecule has 1 saturated heterocycles. The largest absolute Gasteiger partial charge is 0.452 e. The highest BCUT2D eigenvalue weighted by atomic mass is 16.7. The molecule has 0 aromatic carbocycles. The van der Waals surface area contributed by atoms with Gasteiger partial charge in [0.1, 0.15) is 6.61 Å². The molecule has 0 unspecified atom stereocenters. The third-order valence-electron chi connectivity index (χ3n) is 0.550. The lowest BCUT2D eigenvalue weighted by atomic mass is 10.7. The molecule has 3 heteroatoms. The summed E-state index contributed by atoms with van der Waals surface area (Å²) < 4.78 is 9.12. The Morgan fingerprint density at radius 2 is 2.50 bits per heavy atom. The maximum Gasteiger partial charge on any atom is 0.209 e. The second-order valence-electron chi connectivity index (χ2n) is 1.03. The molecule has 0 aromatic heterocycles. The minimum absolute atomic E-state index is 0.231. The minimum Gasteiger partial charge on any atom is -0.452 e. The van der Waals surface area contributed by atoms with E-state index < -0.39 is 0 Å². The lowest BCUT2D eigenvalue weighted by Gasteiger charge is -1.81. The van der Waals surface area contributed by atoms with E-state index in [2.05, 4.69) is 9.47 Å². The molecule has 0 radical (unpaired) electrons. The van der Waals surface area contributed by atoms with Crippen LogP contribution in [0, 0.1) is 5.41 Å². The SMILES string of the molecule is N=C1COCO1. The van der Waals surface area contributed by atoms with Crippen molar-refractivity contribution in [1.82, 2.24) is 0 Å². The van der Waals surface area contributed by atoms with Gasteiger partial charge in [0, 0.05) is 0 Å². The number of rotatable bonds is 0. The summed E-state index contributed by atoms with van der Waals surface area (Å²) in [6.07, 6.45) is 0. The van der Waals surface area contributed by atoms with Gasteiger partial charge < -0.3 is 9.47 Å². The van der Waals surface area contributed by atoms with Crippen LogP contribution in [0.4, 0.5) is 0 Å². The maximum absolute atomic E-state index is 6.70. The first kappa shape index (κ1) is 3.61. The number of hydrogen-bond acceptors (Lipinski definition) is 3. The average Bonchev–Trinajstić information content (AvgIpc) is 1.86. The molecule has 1 fully saturated rings. The Balaban J connectivity index is 2.37. The summed E-state index contributed by atoms with van der Waals surface area (Å²) in [7, 11) is 0. The van der Waals surface area contributed by atoms with Gasteiger partial charge in [0.15, 0.2) is 6.79 Å². The van der Waals surface area contributed by atoms with Crippen LogP contribution < -0.4 is 0 Å². The minimum atomic E-state index is 0.231. The summed E-state index contributed by atoms with van der Waals surface area (Å²) in [6.45, 7) is 0.610. The van der Waals surface area contributed by atoms with Crippen LogP contribution in [0.15, 0.2) is 0 Å². The van der Waals surface area contributed by atoms with Crippen molar-refractivity contribution in [2.45, 2.75) is 0 Å². The first-order valence-electron chi connectivity index (χ1n) is 1.67. The Morgan fingerprint density at radius 3 is 2.67 bits per heavy atom. The predicted octanol–water partition coefficient (Wildman–Crippen LogP) is -0.0320. The molecule has 0 saturated carbocycles. The molecule has 6 heavy (non-hydrogen) atoms. The molecule has 0 aromatic rings. The van der Waals surface area contributed by atoms with E-state index in [9.17, 15) is 0 Å². The summed E-state index contributed by atoms with van der Waals surface area (Å²) >= 11 is 0. The van der Waals surface area contributed by atoms with Crippen molar-refractivity contribution in [3.05, 3.63) is 0 Å². The fraction of sp³-hybridized carbons (Fsp3) is 0.667. The van der Waals surface area contributed by atoms with Crippen LogP contribution in [0.3, 0.4) is 0 Å². The van der Waals surface area contributed by atoms with Gasteiger partial charge in [-0.15, -0.1) is 0 Å². The van der Waals surface area contributed by atoms with E-state index in [0.29, 0.717) is 6.61 Å². The molecular weight excluding hydrogens is 82.0 g/mol. The molecule has 3 nitrogen and oxygen atoms in total. The van der Waals surface area contributed by atoms with E-state index in [-0.39, 0.29) is 12.7 Å². The van der Waals surface area contributed by atoms with Crippen molar-refractivity contribution >= 4 is 5.90 Å². The first-order valence-corrected chi connectivity index (χ1v) is 1.67. The van der Waals surface area contributed by atoms with Crippen molar-refractivity contribution in [1.29, 1.82) is 5.41 Å². The second kappa shape index (κ2) is 1.26. The third kappa shape index (κ3) is 0.490. The zero-order valence-corrected chi connectivity index (χ0v) is 3.23. The zero-order valence-electron chi connectivity index (χ0n) is 3.23. The van der Waals surface area contributed by atoms with Crippen LogP contribution in [-0.4, -0.2) is 19.3 Å². The van der Waals surface area contributed by atoms with Gasteiger partial charge in [0.25, 0.3) is 0 Å². The molecular formula is C3H5NO2. The van der Waals surface area contributed by atoms with Gasteiger partial charge in [-0.3, -0.25) is 5.41 Å². The van der Waals surface area contributed by atoms with Gasteiger partial charge in [-0.1, -0.05) is 0 Å². The van der Waals surface area contributed by atoms with Crippen LogP contribution in [0.1, 0.15) is 0 Å². The molecule has 0 bridgehead atoms. The average molecular weight is 87.1 g/mol. The van der Waals surface area contributed by atoms with E-state index in [4.69, 9.17) is 5.41 Å². The van der Waals surface area contributed by atoms with Gasteiger partial charge in [0.2, 0.25) is 5.90 Å². The Hall–Kier alpha value is -0.570. The number of ether oxygens (including phenoxy) is 2. The summed E-state index contributed by atoms with van der Waals surface area (Å²) in [4.78, 5) is 0. The quantitative estimate of drug-likeness (QED) is 0.450. The molecule has 0 aliphatic carbocycles. The van der Waals surface area contributed by atoms with Crippen molar-refractivity contribution in [2.75, 3.05) is 13.4 Å². The van der Waals surface area contributed by atoms with Crippen LogP contribution in [0.25, 0.3) is 0 Å². The fourth-order valence-electron chi connectivity index (χ4n) is 0.289. The fourth-order valence-corrected chi connectivity index (χ4v) is 0.289. The van der Waals surface area contributed by atoms with E-state index in [1.807, 2.05) is 0 Å². The normalized spacial score (nSPS) is 21.0. The highest BCUT2D eigenvalue weighted by Gasteiger charge is 2.03. The zero-order chi connectivity index (χ0) is 4.41. The lowest BCUT2D eigenvalue weighted by molar-refractivity contribution is 0.0888. The van der Waals surface area contributed by atoms with Crippen molar-refractivity contribution < 1.29 is 9.47 Å². The maximum atomic E-state index is 6.70. The second-order valence-corrected chi connectivity index (χ2v) is 1.03. The van der Waals surface area contributed by atoms with Crippen molar-refractivity contribution in [3.63, 3.8) is 0 Å². The predicted molar refractivity (Wildman–Crippen MR) is 19.6 cm³/mol. The van der Waals surface area contributed by atoms with Gasteiger partial charge in [0.05, 0.1) is 0 Å². The van der Waals surface area contributed by atoms with E-state index >= 15 is 0 Å². The van der Waals surface area contributed by atoms with Crippen molar-refractivity contribution in [3.8, 4) is 0 Å². The summed E-state index contributed by atoms with van der Waals surface area (Å²) in [5.41, 5.74) is 0. The molecule has 0 atom stereocenters. The van der Waals surface area contributed by atoms with Gasteiger partial charge in [-0.25, -0.2) is 0 Å². The van der Waals surface area contributed by atoms with E-state index in [1.165, 1.54) is 0 Å². The number of hydrogen-bond donors (Lipinski definition) is 1. The molecule has 1 heterocycles. The topological polar surface area (TPSA) is 42.3 Å². The van der Waals surface area contributed by atoms with Gasteiger partial charge in [-0.05, 0) is 0 Å². The summed E-state index contributed by atoms with van der Waals surface area (Å²) in [5, 5.41) is 6.70.